The summed E-state index contributed by atoms with van der Waals surface area (Å²) in [5.41, 5.74) is 4.76. The first-order valence-electron chi connectivity index (χ1n) is 10.6. The second-order valence-electron chi connectivity index (χ2n) is 7.65. The molecule has 3 N–H and O–H groups in total. The highest BCUT2D eigenvalue weighted by molar-refractivity contribution is 6.34. The molecule has 0 bridgehead atoms. The monoisotopic (exact) mass is 466 g/mol. The number of aromatic amines is 1. The summed E-state index contributed by atoms with van der Waals surface area (Å²) >= 11 is 6.12. The van der Waals surface area contributed by atoms with Crippen LogP contribution < -0.4 is 10.6 Å². The first-order chi connectivity index (χ1) is 16.6. The van der Waals surface area contributed by atoms with E-state index in [1.54, 1.807) is 42.5 Å². The summed E-state index contributed by atoms with van der Waals surface area (Å²) in [4.78, 5) is 32.8. The molecule has 166 valence electrons. The van der Waals surface area contributed by atoms with Crippen LogP contribution in [0.15, 0.2) is 97.1 Å². The third-order valence-electron chi connectivity index (χ3n) is 5.31. The van der Waals surface area contributed by atoms with Crippen molar-refractivity contribution in [3.63, 3.8) is 0 Å². The van der Waals surface area contributed by atoms with E-state index in [9.17, 15) is 9.59 Å². The molecule has 0 saturated heterocycles. The van der Waals surface area contributed by atoms with Crippen LogP contribution in [0.3, 0.4) is 0 Å². The lowest BCUT2D eigenvalue weighted by Crippen LogP contribution is -2.12. The minimum absolute atomic E-state index is 0.163. The standard InChI is InChI=1S/C27H19ClN4O2/c28-22-9-5-4-8-21(22)27(34)30-20-14-15-23-24(16-20)32-25(31-23)17-10-12-19(13-11-17)29-26(33)18-6-2-1-3-7-18/h1-16H,(H,29,33)(H,30,34)(H,31,32). The average Bonchev–Trinajstić information content (AvgIpc) is 3.29. The Labute approximate surface area is 200 Å². The van der Waals surface area contributed by atoms with Gasteiger partial charge < -0.3 is 15.6 Å². The van der Waals surface area contributed by atoms with Crippen molar-refractivity contribution in [2.45, 2.75) is 0 Å². The van der Waals surface area contributed by atoms with Crippen molar-refractivity contribution < 1.29 is 9.59 Å². The molecule has 0 fully saturated rings. The maximum atomic E-state index is 12.5. The zero-order chi connectivity index (χ0) is 23.5. The largest absolute Gasteiger partial charge is 0.338 e. The predicted molar refractivity (Wildman–Crippen MR) is 135 cm³/mol. The van der Waals surface area contributed by atoms with Gasteiger partial charge in [-0.15, -0.1) is 0 Å². The number of fused-ring (bicyclic) bond motifs is 1. The second-order valence-corrected chi connectivity index (χ2v) is 8.06. The predicted octanol–water partition coefficient (Wildman–Crippen LogP) is 6.39. The van der Waals surface area contributed by atoms with Crippen LogP contribution >= 0.6 is 11.6 Å². The van der Waals surface area contributed by atoms with Crippen molar-refractivity contribution >= 4 is 45.8 Å². The number of nitrogens with zero attached hydrogens (tertiary/aromatic N) is 1. The minimum Gasteiger partial charge on any atom is -0.338 e. The molecule has 1 heterocycles. The Kier molecular flexibility index (Phi) is 5.81. The van der Waals surface area contributed by atoms with Gasteiger partial charge in [0.2, 0.25) is 0 Å². The van der Waals surface area contributed by atoms with Crippen molar-refractivity contribution in [1.82, 2.24) is 9.97 Å². The number of halogens is 1. The maximum Gasteiger partial charge on any atom is 0.257 e. The van der Waals surface area contributed by atoms with Crippen LogP contribution in [0.5, 0.6) is 0 Å². The summed E-state index contributed by atoms with van der Waals surface area (Å²) in [6.07, 6.45) is 0. The fraction of sp³-hybridized carbons (Fsp3) is 0. The Bertz CT molecular complexity index is 1490. The van der Waals surface area contributed by atoms with E-state index < -0.39 is 0 Å². The smallest absolute Gasteiger partial charge is 0.257 e. The van der Waals surface area contributed by atoms with Crippen molar-refractivity contribution in [1.29, 1.82) is 0 Å². The number of rotatable bonds is 5. The van der Waals surface area contributed by atoms with Crippen LogP contribution in [-0.4, -0.2) is 21.8 Å². The third-order valence-corrected chi connectivity index (χ3v) is 5.64. The van der Waals surface area contributed by atoms with E-state index >= 15 is 0 Å². The zero-order valence-electron chi connectivity index (χ0n) is 17.9. The molecule has 0 saturated carbocycles. The van der Waals surface area contributed by atoms with Crippen molar-refractivity contribution in [3.8, 4) is 11.4 Å². The maximum absolute atomic E-state index is 12.5. The number of amides is 2. The number of carbonyl (C=O) groups is 2. The van der Waals surface area contributed by atoms with Crippen LogP contribution in [0.2, 0.25) is 5.02 Å². The molecule has 0 spiro atoms. The van der Waals surface area contributed by atoms with Gasteiger partial charge in [0, 0.05) is 22.5 Å². The molecular weight excluding hydrogens is 448 g/mol. The topological polar surface area (TPSA) is 86.9 Å². The van der Waals surface area contributed by atoms with Gasteiger partial charge in [-0.25, -0.2) is 4.98 Å². The summed E-state index contributed by atoms with van der Waals surface area (Å²) in [7, 11) is 0. The first-order valence-corrected chi connectivity index (χ1v) is 11.0. The Hall–Kier alpha value is -4.42. The van der Waals surface area contributed by atoms with Crippen LogP contribution in [0.25, 0.3) is 22.4 Å². The molecule has 4 aromatic carbocycles. The van der Waals surface area contributed by atoms with E-state index in [4.69, 9.17) is 11.6 Å². The Balaban J connectivity index is 1.32. The van der Waals surface area contributed by atoms with Crippen LogP contribution in [-0.2, 0) is 0 Å². The number of carbonyl (C=O) groups excluding carboxylic acids is 2. The molecule has 0 unspecified atom stereocenters. The molecule has 0 aliphatic heterocycles. The molecule has 6 nitrogen and oxygen atoms in total. The molecule has 34 heavy (non-hydrogen) atoms. The van der Waals surface area contributed by atoms with Gasteiger partial charge in [-0.3, -0.25) is 9.59 Å². The van der Waals surface area contributed by atoms with Gasteiger partial charge in [-0.1, -0.05) is 41.9 Å². The number of benzene rings is 4. The lowest BCUT2D eigenvalue weighted by molar-refractivity contribution is 0.101. The van der Waals surface area contributed by atoms with Gasteiger partial charge >= 0.3 is 0 Å². The summed E-state index contributed by atoms with van der Waals surface area (Å²) in [6, 6.07) is 28.9. The van der Waals surface area contributed by atoms with Crippen molar-refractivity contribution in [2.24, 2.45) is 0 Å². The number of hydrogen-bond donors (Lipinski definition) is 3. The highest BCUT2D eigenvalue weighted by Gasteiger charge is 2.12. The number of hydrogen-bond acceptors (Lipinski definition) is 3. The van der Waals surface area contributed by atoms with E-state index in [0.717, 1.165) is 16.6 Å². The van der Waals surface area contributed by atoms with Gasteiger partial charge in [0.1, 0.15) is 5.82 Å². The van der Waals surface area contributed by atoms with Gasteiger partial charge in [-0.2, -0.15) is 0 Å². The van der Waals surface area contributed by atoms with E-state index in [2.05, 4.69) is 20.6 Å². The van der Waals surface area contributed by atoms with Crippen LogP contribution in [0, 0.1) is 0 Å². The molecule has 0 aliphatic carbocycles. The summed E-state index contributed by atoms with van der Waals surface area (Å²) < 4.78 is 0. The second kappa shape index (κ2) is 9.21. The number of anilines is 2. The zero-order valence-corrected chi connectivity index (χ0v) is 18.6. The molecule has 5 aromatic rings. The number of nitrogens with one attached hydrogen (secondary N) is 3. The molecule has 0 atom stereocenters. The van der Waals surface area contributed by atoms with Crippen LogP contribution in [0.4, 0.5) is 11.4 Å². The lowest BCUT2D eigenvalue weighted by atomic mass is 10.1. The van der Waals surface area contributed by atoms with Gasteiger partial charge in [-0.05, 0) is 66.7 Å². The van der Waals surface area contributed by atoms with E-state index in [0.29, 0.717) is 33.3 Å². The molecule has 2 amide bonds. The summed E-state index contributed by atoms with van der Waals surface area (Å²) in [5, 5.41) is 6.15. The molecule has 5 rings (SSSR count). The molecule has 0 radical (unpaired) electrons. The van der Waals surface area contributed by atoms with Gasteiger partial charge in [0.25, 0.3) is 11.8 Å². The van der Waals surface area contributed by atoms with E-state index in [1.165, 1.54) is 0 Å². The Morgan fingerprint density at radius 3 is 2.18 bits per heavy atom. The van der Waals surface area contributed by atoms with Crippen molar-refractivity contribution in [3.05, 3.63) is 113 Å². The Morgan fingerprint density at radius 2 is 1.41 bits per heavy atom. The summed E-state index contributed by atoms with van der Waals surface area (Å²) in [6.45, 7) is 0. The van der Waals surface area contributed by atoms with Crippen molar-refractivity contribution in [2.75, 3.05) is 10.6 Å². The number of H-pyrrole nitrogens is 1. The molecule has 1 aromatic heterocycles. The average molecular weight is 467 g/mol. The molecule has 7 heteroatoms. The van der Waals surface area contributed by atoms with E-state index in [-0.39, 0.29) is 11.8 Å². The summed E-state index contributed by atoms with van der Waals surface area (Å²) in [5.74, 6) is 0.242. The third kappa shape index (κ3) is 4.53. The number of imidazole rings is 1. The molecular formula is C27H19ClN4O2. The van der Waals surface area contributed by atoms with E-state index in [1.807, 2.05) is 54.6 Å². The quantitative estimate of drug-likeness (QED) is 0.280. The molecule has 0 aliphatic rings. The Morgan fingerprint density at radius 1 is 0.735 bits per heavy atom. The first kappa shape index (κ1) is 21.4. The normalized spacial score (nSPS) is 10.7. The minimum atomic E-state index is -0.280. The highest BCUT2D eigenvalue weighted by atomic mass is 35.5. The fourth-order valence-corrected chi connectivity index (χ4v) is 3.79. The van der Waals surface area contributed by atoms with Crippen LogP contribution in [0.1, 0.15) is 20.7 Å². The highest BCUT2D eigenvalue weighted by Crippen LogP contribution is 2.25. The fourth-order valence-electron chi connectivity index (χ4n) is 3.57. The SMILES string of the molecule is O=C(Nc1ccc(-c2nc3ccc(NC(=O)c4ccccc4Cl)cc3[nH]2)cc1)c1ccccc1. The lowest BCUT2D eigenvalue weighted by Gasteiger charge is -2.06. The van der Waals surface area contributed by atoms with Gasteiger partial charge in [0.15, 0.2) is 0 Å². The van der Waals surface area contributed by atoms with Gasteiger partial charge in [0.05, 0.1) is 21.6 Å². The number of aromatic nitrogens is 2.